The number of amides is 1. The van der Waals surface area contributed by atoms with Crippen LogP contribution in [0.25, 0.3) is 11.1 Å². The molecule has 4 N–H and O–H groups in total. The highest BCUT2D eigenvalue weighted by molar-refractivity contribution is 5.76. The summed E-state index contributed by atoms with van der Waals surface area (Å²) in [6.45, 7) is 2.67. The van der Waals surface area contributed by atoms with Gasteiger partial charge < -0.3 is 20.9 Å². The summed E-state index contributed by atoms with van der Waals surface area (Å²) in [4.78, 5) is 22.7. The third-order valence-electron chi connectivity index (χ3n) is 8.57. The van der Waals surface area contributed by atoms with E-state index >= 15 is 4.39 Å². The van der Waals surface area contributed by atoms with Crippen LogP contribution < -0.4 is 15.8 Å². The number of ether oxygens (including phenoxy) is 1. The zero-order chi connectivity index (χ0) is 30.3. The average molecular weight is 581 g/mol. The maximum Gasteiger partial charge on any atom is 0.344 e. The van der Waals surface area contributed by atoms with Gasteiger partial charge in [-0.1, -0.05) is 97.9 Å². The fraction of sp³-hybridized carbons (Fsp3) is 0.278. The molecule has 0 aliphatic carbocycles. The molecule has 0 radical (unpaired) electrons. The first-order valence-corrected chi connectivity index (χ1v) is 14.7. The molecule has 0 saturated carbocycles. The van der Waals surface area contributed by atoms with Gasteiger partial charge >= 0.3 is 5.97 Å². The molecule has 1 amide bonds. The SMILES string of the molecule is CC(C(N)=O)C1CCNC(c2ccc(-c3ccccc3)c(F)c2)C1c1ccccc1.O=C(O)C1CCc2ccccc2O1. The Morgan fingerprint density at radius 3 is 2.26 bits per heavy atom. The fourth-order valence-corrected chi connectivity index (χ4v) is 6.25. The van der Waals surface area contributed by atoms with Gasteiger partial charge in [-0.15, -0.1) is 0 Å². The van der Waals surface area contributed by atoms with Crippen LogP contribution in [0.2, 0.25) is 0 Å². The van der Waals surface area contributed by atoms with Gasteiger partial charge in [0.15, 0.2) is 6.10 Å². The fourth-order valence-electron chi connectivity index (χ4n) is 6.25. The van der Waals surface area contributed by atoms with Crippen LogP contribution >= 0.6 is 0 Å². The Labute approximate surface area is 251 Å². The predicted octanol–water partition coefficient (Wildman–Crippen LogP) is 6.51. The number of rotatable bonds is 6. The van der Waals surface area contributed by atoms with Gasteiger partial charge in [0.1, 0.15) is 11.6 Å². The minimum Gasteiger partial charge on any atom is -0.479 e. The third kappa shape index (κ3) is 6.95. The lowest BCUT2D eigenvalue weighted by molar-refractivity contribution is -0.145. The van der Waals surface area contributed by atoms with E-state index in [1.807, 2.05) is 91.9 Å². The number of carbonyl (C=O) groups is 2. The number of hydrogen-bond donors (Lipinski definition) is 3. The van der Waals surface area contributed by atoms with E-state index in [0.29, 0.717) is 17.7 Å². The summed E-state index contributed by atoms with van der Waals surface area (Å²) in [5.41, 5.74) is 10.3. The van der Waals surface area contributed by atoms with Crippen molar-refractivity contribution in [1.29, 1.82) is 0 Å². The van der Waals surface area contributed by atoms with E-state index in [1.165, 1.54) is 0 Å². The highest BCUT2D eigenvalue weighted by Crippen LogP contribution is 2.45. The van der Waals surface area contributed by atoms with Gasteiger partial charge in [0.25, 0.3) is 0 Å². The van der Waals surface area contributed by atoms with Gasteiger partial charge in [-0.25, -0.2) is 9.18 Å². The number of halogens is 1. The van der Waals surface area contributed by atoms with Gasteiger partial charge in [0, 0.05) is 23.4 Å². The lowest BCUT2D eigenvalue weighted by atomic mass is 9.69. The number of carboxylic acids is 1. The second-order valence-corrected chi connectivity index (χ2v) is 11.2. The summed E-state index contributed by atoms with van der Waals surface area (Å²) >= 11 is 0. The highest BCUT2D eigenvalue weighted by atomic mass is 19.1. The van der Waals surface area contributed by atoms with Crippen molar-refractivity contribution in [1.82, 2.24) is 5.32 Å². The number of carbonyl (C=O) groups excluding carboxylic acids is 1. The summed E-state index contributed by atoms with van der Waals surface area (Å²) in [6.07, 6.45) is 1.53. The van der Waals surface area contributed by atoms with Gasteiger partial charge in [0.05, 0.1) is 0 Å². The molecule has 4 aromatic rings. The van der Waals surface area contributed by atoms with E-state index in [-0.39, 0.29) is 35.5 Å². The summed E-state index contributed by atoms with van der Waals surface area (Å²) in [5.74, 6) is -0.828. The normalized spacial score (nSPS) is 21.7. The standard InChI is InChI=1S/C26H27FN2O.C10H10O3/c1-17(26(28)30)21-14-15-29-25(24(21)19-10-6-3-7-11-19)20-12-13-22(23(27)16-20)18-8-4-2-5-9-18;11-10(12)9-6-5-7-3-1-2-4-8(7)13-9/h2-13,16-17,21,24-25,29H,14-15H2,1H3,(H2,28,30);1-4,9H,5-6H2,(H,11,12). The topological polar surface area (TPSA) is 102 Å². The number of primary amides is 1. The summed E-state index contributed by atoms with van der Waals surface area (Å²) < 4.78 is 20.4. The van der Waals surface area contributed by atoms with E-state index in [9.17, 15) is 9.59 Å². The van der Waals surface area contributed by atoms with Gasteiger partial charge in [-0.3, -0.25) is 4.79 Å². The minimum absolute atomic E-state index is 0.0319. The Kier molecular flexibility index (Phi) is 9.52. The van der Waals surface area contributed by atoms with Crippen LogP contribution in [0.4, 0.5) is 4.39 Å². The Morgan fingerprint density at radius 2 is 1.58 bits per heavy atom. The highest BCUT2D eigenvalue weighted by Gasteiger charge is 2.39. The van der Waals surface area contributed by atoms with Crippen molar-refractivity contribution in [3.05, 3.63) is 126 Å². The van der Waals surface area contributed by atoms with Crippen LogP contribution in [0.3, 0.4) is 0 Å². The molecular weight excluding hydrogens is 543 g/mol. The third-order valence-corrected chi connectivity index (χ3v) is 8.57. The molecule has 2 aliphatic rings. The van der Waals surface area contributed by atoms with Crippen LogP contribution in [-0.2, 0) is 16.0 Å². The number of benzene rings is 4. The summed E-state index contributed by atoms with van der Waals surface area (Å²) in [6, 6.07) is 32.7. The van der Waals surface area contributed by atoms with Crippen LogP contribution in [0.1, 0.15) is 48.4 Å². The smallest absolute Gasteiger partial charge is 0.344 e. The van der Waals surface area contributed by atoms with Crippen molar-refractivity contribution in [2.75, 3.05) is 6.54 Å². The number of aryl methyl sites for hydroxylation is 1. The molecule has 1 saturated heterocycles. The van der Waals surface area contributed by atoms with Crippen LogP contribution in [-0.4, -0.2) is 29.6 Å². The van der Waals surface area contributed by atoms with Crippen LogP contribution in [0.15, 0.2) is 103 Å². The van der Waals surface area contributed by atoms with E-state index in [0.717, 1.165) is 41.6 Å². The number of nitrogens with two attached hydrogens (primary N) is 1. The summed E-state index contributed by atoms with van der Waals surface area (Å²) in [7, 11) is 0. The number of aliphatic carboxylic acids is 1. The quantitative estimate of drug-likeness (QED) is 0.241. The van der Waals surface area contributed by atoms with E-state index in [4.69, 9.17) is 15.6 Å². The Morgan fingerprint density at radius 1 is 0.907 bits per heavy atom. The van der Waals surface area contributed by atoms with Gasteiger partial charge in [-0.2, -0.15) is 0 Å². The molecule has 4 aromatic carbocycles. The van der Waals surface area contributed by atoms with Crippen molar-refractivity contribution in [3.8, 4) is 16.9 Å². The number of nitrogens with one attached hydrogen (secondary N) is 1. The summed E-state index contributed by atoms with van der Waals surface area (Å²) in [5, 5.41) is 12.3. The molecule has 0 bridgehead atoms. The second-order valence-electron chi connectivity index (χ2n) is 11.2. The monoisotopic (exact) mass is 580 g/mol. The molecule has 0 spiro atoms. The Hall–Kier alpha value is -4.49. The largest absolute Gasteiger partial charge is 0.479 e. The van der Waals surface area contributed by atoms with Crippen LogP contribution in [0, 0.1) is 17.7 Å². The molecule has 6 nitrogen and oxygen atoms in total. The Balaban J connectivity index is 0.000000235. The molecule has 222 valence electrons. The van der Waals surface area contributed by atoms with Crippen molar-refractivity contribution in [2.24, 2.45) is 17.6 Å². The Bertz CT molecular complexity index is 1550. The van der Waals surface area contributed by atoms with Crippen molar-refractivity contribution in [2.45, 2.75) is 44.2 Å². The molecule has 7 heteroatoms. The maximum atomic E-state index is 15.1. The number of hydrogen-bond acceptors (Lipinski definition) is 4. The zero-order valence-corrected chi connectivity index (χ0v) is 24.2. The average Bonchev–Trinajstić information content (AvgIpc) is 3.04. The number of carboxylic acid groups (broad SMARTS) is 1. The first kappa shape index (κ1) is 30.0. The van der Waals surface area contributed by atoms with Crippen LogP contribution in [0.5, 0.6) is 5.75 Å². The molecule has 1 fully saturated rings. The molecule has 5 unspecified atom stereocenters. The molecule has 5 atom stereocenters. The van der Waals surface area contributed by atoms with Gasteiger partial charge in [-0.05, 0) is 66.1 Å². The van der Waals surface area contributed by atoms with Crippen molar-refractivity contribution in [3.63, 3.8) is 0 Å². The predicted molar refractivity (Wildman–Crippen MR) is 165 cm³/mol. The molecule has 2 heterocycles. The minimum atomic E-state index is -0.880. The molecular formula is C36H37FN2O4. The lowest BCUT2D eigenvalue weighted by Gasteiger charge is -2.42. The van der Waals surface area contributed by atoms with Crippen molar-refractivity contribution < 1.29 is 23.8 Å². The molecule has 2 aliphatic heterocycles. The van der Waals surface area contributed by atoms with E-state index in [1.54, 1.807) is 6.07 Å². The number of para-hydroxylation sites is 1. The lowest BCUT2D eigenvalue weighted by Crippen LogP contribution is -2.43. The second kappa shape index (κ2) is 13.7. The van der Waals surface area contributed by atoms with E-state index in [2.05, 4.69) is 17.4 Å². The number of fused-ring (bicyclic) bond motifs is 1. The molecule has 6 rings (SSSR count). The number of piperidine rings is 1. The zero-order valence-electron chi connectivity index (χ0n) is 24.2. The van der Waals surface area contributed by atoms with Crippen molar-refractivity contribution >= 4 is 11.9 Å². The molecule has 0 aromatic heterocycles. The first-order chi connectivity index (χ1) is 20.8. The van der Waals surface area contributed by atoms with E-state index < -0.39 is 12.1 Å². The first-order valence-electron chi connectivity index (χ1n) is 14.7. The maximum absolute atomic E-state index is 15.1. The van der Waals surface area contributed by atoms with Gasteiger partial charge in [0.2, 0.25) is 5.91 Å². The molecule has 43 heavy (non-hydrogen) atoms.